The molecule has 29 heavy (non-hydrogen) atoms. The van der Waals surface area contributed by atoms with Crippen LogP contribution in [0.3, 0.4) is 0 Å². The van der Waals surface area contributed by atoms with Gasteiger partial charge in [-0.3, -0.25) is 14.6 Å². The zero-order valence-corrected chi connectivity index (χ0v) is 16.0. The van der Waals surface area contributed by atoms with Crippen LogP contribution in [0.1, 0.15) is 10.5 Å². The van der Waals surface area contributed by atoms with Crippen LogP contribution in [0.5, 0.6) is 5.88 Å². The van der Waals surface area contributed by atoms with Crippen molar-refractivity contribution in [1.29, 1.82) is 0 Å². The number of hydrogen-bond acceptors (Lipinski definition) is 7. The molecule has 0 aromatic carbocycles. The standard InChI is InChI=1S/C19H19N7O3/c1-24-7-8-25(12-18(24)27)19(28)14-9-15(13-5-3-4-6-20-13)26(23-14)16-10-22-17(29-2)11-21-16/h3-6,9-11H,7-8,12H2,1-2H3. The molecule has 0 unspecified atom stereocenters. The maximum absolute atomic E-state index is 13.0. The number of piperazine rings is 1. The second kappa shape index (κ2) is 7.66. The Morgan fingerprint density at radius 1 is 1.14 bits per heavy atom. The molecule has 4 heterocycles. The molecule has 148 valence electrons. The quantitative estimate of drug-likeness (QED) is 0.640. The number of carbonyl (C=O) groups is 2. The molecular weight excluding hydrogens is 374 g/mol. The molecule has 1 aliphatic heterocycles. The number of pyridine rings is 1. The molecule has 3 aromatic heterocycles. The van der Waals surface area contributed by atoms with Crippen LogP contribution in [0, 0.1) is 0 Å². The van der Waals surface area contributed by atoms with E-state index in [0.717, 1.165) is 0 Å². The topological polar surface area (TPSA) is 106 Å². The van der Waals surface area contributed by atoms with E-state index in [4.69, 9.17) is 4.74 Å². The summed E-state index contributed by atoms with van der Waals surface area (Å²) in [5.74, 6) is 0.367. The molecule has 0 saturated carbocycles. The highest BCUT2D eigenvalue weighted by molar-refractivity contribution is 5.96. The van der Waals surface area contributed by atoms with Crippen LogP contribution >= 0.6 is 0 Å². The number of rotatable bonds is 4. The Morgan fingerprint density at radius 2 is 2.00 bits per heavy atom. The molecule has 0 aliphatic carbocycles. The van der Waals surface area contributed by atoms with Crippen LogP contribution in [-0.4, -0.2) is 80.1 Å². The van der Waals surface area contributed by atoms with Gasteiger partial charge in [-0.15, -0.1) is 0 Å². The second-order valence-electron chi connectivity index (χ2n) is 6.50. The van der Waals surface area contributed by atoms with E-state index in [1.807, 2.05) is 12.1 Å². The SMILES string of the molecule is COc1cnc(-n2nc(C(=O)N3CCN(C)C(=O)C3)cc2-c2ccccn2)cn1. The third-order valence-electron chi connectivity index (χ3n) is 4.64. The third kappa shape index (κ3) is 3.64. The molecule has 1 saturated heterocycles. The molecular formula is C19H19N7O3. The molecule has 0 atom stereocenters. The number of likely N-dealkylation sites (N-methyl/N-ethyl adjacent to an activating group) is 1. The van der Waals surface area contributed by atoms with Gasteiger partial charge in [-0.1, -0.05) is 6.07 Å². The van der Waals surface area contributed by atoms with Gasteiger partial charge in [0.05, 0.1) is 30.9 Å². The summed E-state index contributed by atoms with van der Waals surface area (Å²) in [6.45, 7) is 0.973. The Labute approximate surface area is 166 Å². The molecule has 10 nitrogen and oxygen atoms in total. The van der Waals surface area contributed by atoms with Gasteiger partial charge >= 0.3 is 0 Å². The third-order valence-corrected chi connectivity index (χ3v) is 4.64. The van der Waals surface area contributed by atoms with Crippen LogP contribution < -0.4 is 4.74 Å². The van der Waals surface area contributed by atoms with E-state index in [0.29, 0.717) is 36.2 Å². The largest absolute Gasteiger partial charge is 0.480 e. The fraction of sp³-hybridized carbons (Fsp3) is 0.263. The van der Waals surface area contributed by atoms with E-state index < -0.39 is 0 Å². The van der Waals surface area contributed by atoms with Crippen molar-refractivity contribution in [3.05, 3.63) is 48.5 Å². The highest BCUT2D eigenvalue weighted by Crippen LogP contribution is 2.22. The van der Waals surface area contributed by atoms with Gasteiger partial charge in [0.15, 0.2) is 11.5 Å². The molecule has 2 amide bonds. The van der Waals surface area contributed by atoms with Crippen molar-refractivity contribution in [2.24, 2.45) is 0 Å². The summed E-state index contributed by atoms with van der Waals surface area (Å²) in [7, 11) is 3.23. The Bertz CT molecular complexity index is 1030. The highest BCUT2D eigenvalue weighted by Gasteiger charge is 2.28. The van der Waals surface area contributed by atoms with Crippen LogP contribution in [0.15, 0.2) is 42.9 Å². The first kappa shape index (κ1) is 18.5. The maximum Gasteiger partial charge on any atom is 0.274 e. The van der Waals surface area contributed by atoms with Crippen molar-refractivity contribution in [3.8, 4) is 23.1 Å². The van der Waals surface area contributed by atoms with E-state index in [1.165, 1.54) is 29.1 Å². The van der Waals surface area contributed by atoms with E-state index in [1.54, 1.807) is 30.3 Å². The van der Waals surface area contributed by atoms with Gasteiger partial charge in [0.1, 0.15) is 6.54 Å². The van der Waals surface area contributed by atoms with Gasteiger partial charge in [-0.2, -0.15) is 5.10 Å². The van der Waals surface area contributed by atoms with Gasteiger partial charge in [-0.05, 0) is 18.2 Å². The van der Waals surface area contributed by atoms with Gasteiger partial charge in [0.2, 0.25) is 11.8 Å². The lowest BCUT2D eigenvalue weighted by Gasteiger charge is -2.31. The van der Waals surface area contributed by atoms with Crippen molar-refractivity contribution >= 4 is 11.8 Å². The van der Waals surface area contributed by atoms with Crippen molar-refractivity contribution in [2.45, 2.75) is 0 Å². The van der Waals surface area contributed by atoms with E-state index >= 15 is 0 Å². The van der Waals surface area contributed by atoms with Gasteiger partial charge in [-0.25, -0.2) is 14.6 Å². The molecule has 0 bridgehead atoms. The lowest BCUT2D eigenvalue weighted by Crippen LogP contribution is -2.50. The summed E-state index contributed by atoms with van der Waals surface area (Å²) in [5, 5.41) is 4.45. The Balaban J connectivity index is 1.73. The average Bonchev–Trinajstić information content (AvgIpc) is 3.21. The number of carbonyl (C=O) groups excluding carboxylic acids is 2. The number of ether oxygens (including phenoxy) is 1. The predicted octanol–water partition coefficient (Wildman–Crippen LogP) is 0.647. The highest BCUT2D eigenvalue weighted by atomic mass is 16.5. The van der Waals surface area contributed by atoms with E-state index in [2.05, 4.69) is 20.1 Å². The first-order valence-corrected chi connectivity index (χ1v) is 8.98. The molecule has 0 radical (unpaired) electrons. The number of aromatic nitrogens is 5. The van der Waals surface area contributed by atoms with Crippen LogP contribution in [0.4, 0.5) is 0 Å². The normalized spacial score (nSPS) is 14.2. The van der Waals surface area contributed by atoms with Gasteiger partial charge in [0, 0.05) is 26.3 Å². The minimum atomic E-state index is -0.316. The Kier molecular flexibility index (Phi) is 4.90. The molecule has 10 heteroatoms. The molecule has 1 aliphatic rings. The minimum Gasteiger partial charge on any atom is -0.480 e. The molecule has 0 N–H and O–H groups in total. The fourth-order valence-electron chi connectivity index (χ4n) is 2.97. The van der Waals surface area contributed by atoms with E-state index in [9.17, 15) is 9.59 Å². The molecule has 4 rings (SSSR count). The molecule has 1 fully saturated rings. The van der Waals surface area contributed by atoms with Crippen molar-refractivity contribution < 1.29 is 14.3 Å². The smallest absolute Gasteiger partial charge is 0.274 e. The predicted molar refractivity (Wildman–Crippen MR) is 102 cm³/mol. The van der Waals surface area contributed by atoms with Crippen LogP contribution in [0.2, 0.25) is 0 Å². The number of amides is 2. The lowest BCUT2D eigenvalue weighted by molar-refractivity contribution is -0.133. The molecule has 0 spiro atoms. The Morgan fingerprint density at radius 3 is 2.66 bits per heavy atom. The summed E-state index contributed by atoms with van der Waals surface area (Å²) in [6, 6.07) is 7.12. The average molecular weight is 393 g/mol. The Hall–Kier alpha value is -3.82. The summed E-state index contributed by atoms with van der Waals surface area (Å²) >= 11 is 0. The zero-order valence-electron chi connectivity index (χ0n) is 16.0. The second-order valence-corrected chi connectivity index (χ2v) is 6.50. The lowest BCUT2D eigenvalue weighted by atomic mass is 10.2. The van der Waals surface area contributed by atoms with Crippen LogP contribution in [0.25, 0.3) is 17.2 Å². The summed E-state index contributed by atoms with van der Waals surface area (Å²) in [6.07, 6.45) is 4.64. The monoisotopic (exact) mass is 393 g/mol. The van der Waals surface area contributed by atoms with Crippen molar-refractivity contribution in [3.63, 3.8) is 0 Å². The molecule has 3 aromatic rings. The van der Waals surface area contributed by atoms with Gasteiger partial charge < -0.3 is 14.5 Å². The van der Waals surface area contributed by atoms with Crippen molar-refractivity contribution in [1.82, 2.24) is 34.5 Å². The zero-order chi connectivity index (χ0) is 20.4. The van der Waals surface area contributed by atoms with E-state index in [-0.39, 0.29) is 24.1 Å². The number of methoxy groups -OCH3 is 1. The van der Waals surface area contributed by atoms with Gasteiger partial charge in [0.25, 0.3) is 5.91 Å². The summed E-state index contributed by atoms with van der Waals surface area (Å²) in [4.78, 5) is 40.9. The van der Waals surface area contributed by atoms with Crippen molar-refractivity contribution in [2.75, 3.05) is 33.8 Å². The number of nitrogens with zero attached hydrogens (tertiary/aromatic N) is 7. The van der Waals surface area contributed by atoms with Crippen LogP contribution in [-0.2, 0) is 4.79 Å². The minimum absolute atomic E-state index is 0.0312. The summed E-state index contributed by atoms with van der Waals surface area (Å²) in [5.41, 5.74) is 1.43. The first-order chi connectivity index (χ1) is 14.1. The maximum atomic E-state index is 13.0. The summed E-state index contributed by atoms with van der Waals surface area (Å²) < 4.78 is 6.56. The first-order valence-electron chi connectivity index (χ1n) is 8.98. The number of hydrogen-bond donors (Lipinski definition) is 0. The fourth-order valence-corrected chi connectivity index (χ4v) is 2.97.